The van der Waals surface area contributed by atoms with Gasteiger partial charge in [-0.15, -0.1) is 0 Å². The van der Waals surface area contributed by atoms with Crippen molar-refractivity contribution in [2.45, 2.75) is 12.8 Å². The predicted octanol–water partition coefficient (Wildman–Crippen LogP) is 3.11. The molecule has 130 valence electrons. The molecule has 7 heteroatoms. The van der Waals surface area contributed by atoms with E-state index >= 15 is 0 Å². The molecule has 2 rings (SSSR count). The number of carbonyl (C=O) groups excluding carboxylic acids is 3. The number of benzene rings is 2. The van der Waals surface area contributed by atoms with Gasteiger partial charge in [-0.25, -0.2) is 8.78 Å². The topological polar surface area (TPSA) is 72.5 Å². The van der Waals surface area contributed by atoms with Crippen LogP contribution in [-0.2, 0) is 14.3 Å². The van der Waals surface area contributed by atoms with Crippen LogP contribution in [0, 0.1) is 11.6 Å². The molecule has 1 N–H and O–H groups in total. The number of hydrogen-bond donors (Lipinski definition) is 1. The third-order valence-corrected chi connectivity index (χ3v) is 3.24. The normalized spacial score (nSPS) is 10.2. The molecule has 0 bridgehead atoms. The van der Waals surface area contributed by atoms with E-state index in [2.05, 4.69) is 0 Å². The number of Topliss-reactive ketones (excluding diaryl/α,β-unsaturated/α-hetero) is 1. The first-order chi connectivity index (χ1) is 12.0. The maximum atomic E-state index is 13.4. The molecule has 0 aliphatic rings. The van der Waals surface area contributed by atoms with Gasteiger partial charge in [0.2, 0.25) is 0 Å². The number of hydrogen-bond acceptors (Lipinski definition) is 4. The van der Waals surface area contributed by atoms with Crippen molar-refractivity contribution in [3.05, 3.63) is 65.7 Å². The Morgan fingerprint density at radius 2 is 1.52 bits per heavy atom. The molecule has 0 fully saturated rings. The van der Waals surface area contributed by atoms with Gasteiger partial charge in [-0.3, -0.25) is 14.4 Å². The Labute approximate surface area is 142 Å². The van der Waals surface area contributed by atoms with Gasteiger partial charge in [-0.1, -0.05) is 36.4 Å². The van der Waals surface area contributed by atoms with Gasteiger partial charge in [-0.2, -0.15) is 0 Å². The zero-order valence-electron chi connectivity index (χ0n) is 13.1. The van der Waals surface area contributed by atoms with E-state index in [4.69, 9.17) is 4.74 Å². The van der Waals surface area contributed by atoms with Gasteiger partial charge in [-0.05, 0) is 12.1 Å². The van der Waals surface area contributed by atoms with Gasteiger partial charge >= 0.3 is 5.97 Å². The van der Waals surface area contributed by atoms with Crippen LogP contribution >= 0.6 is 0 Å². The van der Waals surface area contributed by atoms with Crippen LogP contribution in [0.25, 0.3) is 0 Å². The summed E-state index contributed by atoms with van der Waals surface area (Å²) in [5, 5.41) is 1.99. The van der Waals surface area contributed by atoms with Crippen molar-refractivity contribution in [2.75, 3.05) is 11.9 Å². The van der Waals surface area contributed by atoms with E-state index in [0.717, 1.165) is 18.2 Å². The van der Waals surface area contributed by atoms with Crippen LogP contribution in [0.5, 0.6) is 0 Å². The number of anilines is 1. The number of amides is 1. The highest BCUT2D eigenvalue weighted by atomic mass is 19.1. The van der Waals surface area contributed by atoms with E-state index in [0.29, 0.717) is 5.56 Å². The second kappa shape index (κ2) is 8.68. The molecule has 0 heterocycles. The van der Waals surface area contributed by atoms with Gasteiger partial charge < -0.3 is 10.1 Å². The fourth-order valence-corrected chi connectivity index (χ4v) is 1.99. The molecule has 0 saturated heterocycles. The minimum atomic E-state index is -0.937. The number of rotatable bonds is 7. The summed E-state index contributed by atoms with van der Waals surface area (Å²) in [7, 11) is 0. The minimum Gasteiger partial charge on any atom is -0.456 e. The highest BCUT2D eigenvalue weighted by Gasteiger charge is 2.14. The molecule has 0 unspecified atom stereocenters. The molecule has 0 atom stereocenters. The summed E-state index contributed by atoms with van der Waals surface area (Å²) in [6, 6.07) is 11.6. The Kier molecular flexibility index (Phi) is 6.33. The lowest BCUT2D eigenvalue weighted by Gasteiger charge is -2.08. The fraction of sp³-hybridized carbons (Fsp3) is 0.167. The average molecular weight is 347 g/mol. The van der Waals surface area contributed by atoms with Gasteiger partial charge in [0, 0.05) is 12.0 Å². The van der Waals surface area contributed by atoms with Crippen LogP contribution in [0.1, 0.15) is 23.2 Å². The molecule has 5 nitrogen and oxygen atoms in total. The Hall–Kier alpha value is -3.09. The molecule has 2 aromatic rings. The lowest BCUT2D eigenvalue weighted by atomic mass is 10.1. The van der Waals surface area contributed by atoms with Gasteiger partial charge in [0.05, 0.1) is 6.42 Å². The van der Waals surface area contributed by atoms with E-state index in [-0.39, 0.29) is 18.6 Å². The van der Waals surface area contributed by atoms with E-state index in [1.165, 1.54) is 0 Å². The SMILES string of the molecule is O=C(COC(=O)CCC(=O)c1ccccc1)Nc1c(F)cccc1F. The van der Waals surface area contributed by atoms with Crippen LogP contribution in [0.15, 0.2) is 48.5 Å². The third kappa shape index (κ3) is 5.49. The Bertz CT molecular complexity index is 758. The van der Waals surface area contributed by atoms with Crippen molar-refractivity contribution in [3.63, 3.8) is 0 Å². The number of halogens is 2. The second-order valence-electron chi connectivity index (χ2n) is 5.09. The molecule has 0 radical (unpaired) electrons. The molecule has 2 aromatic carbocycles. The van der Waals surface area contributed by atoms with Crippen molar-refractivity contribution < 1.29 is 27.9 Å². The Balaban J connectivity index is 1.76. The van der Waals surface area contributed by atoms with Crippen molar-refractivity contribution in [3.8, 4) is 0 Å². The van der Waals surface area contributed by atoms with Crippen LogP contribution in [0.3, 0.4) is 0 Å². The summed E-state index contributed by atoms with van der Waals surface area (Å²) >= 11 is 0. The first-order valence-corrected chi connectivity index (χ1v) is 7.45. The highest BCUT2D eigenvalue weighted by Crippen LogP contribution is 2.17. The molecule has 0 spiro atoms. The lowest BCUT2D eigenvalue weighted by Crippen LogP contribution is -2.22. The number of nitrogens with one attached hydrogen (secondary N) is 1. The summed E-state index contributed by atoms with van der Waals surface area (Å²) in [6.07, 6.45) is -0.262. The lowest BCUT2D eigenvalue weighted by molar-refractivity contribution is -0.147. The van der Waals surface area contributed by atoms with Gasteiger partial charge in [0.25, 0.3) is 5.91 Å². The smallest absolute Gasteiger partial charge is 0.306 e. The first-order valence-electron chi connectivity index (χ1n) is 7.45. The molecular weight excluding hydrogens is 332 g/mol. The standard InChI is InChI=1S/C18H15F2NO4/c19-13-7-4-8-14(20)18(13)21-16(23)11-25-17(24)10-9-15(22)12-5-2-1-3-6-12/h1-8H,9-11H2,(H,21,23). The largest absolute Gasteiger partial charge is 0.456 e. The summed E-state index contributed by atoms with van der Waals surface area (Å²) in [6.45, 7) is -0.702. The minimum absolute atomic E-state index is 0.0631. The van der Waals surface area contributed by atoms with E-state index in [1.807, 2.05) is 5.32 Å². The quantitative estimate of drug-likeness (QED) is 0.617. The second-order valence-corrected chi connectivity index (χ2v) is 5.09. The Morgan fingerprint density at radius 3 is 2.16 bits per heavy atom. The molecule has 1 amide bonds. The third-order valence-electron chi connectivity index (χ3n) is 3.24. The van der Waals surface area contributed by atoms with Crippen LogP contribution in [-0.4, -0.2) is 24.3 Å². The zero-order valence-corrected chi connectivity index (χ0v) is 13.1. The number of ether oxygens (including phenoxy) is 1. The van der Waals surface area contributed by atoms with E-state index in [1.54, 1.807) is 30.3 Å². The van der Waals surface area contributed by atoms with Crippen LogP contribution in [0.2, 0.25) is 0 Å². The summed E-state index contributed by atoms with van der Waals surface area (Å²) < 4.78 is 31.5. The maximum absolute atomic E-state index is 13.4. The van der Waals surface area contributed by atoms with Crippen LogP contribution < -0.4 is 5.32 Å². The van der Waals surface area contributed by atoms with Crippen molar-refractivity contribution in [1.29, 1.82) is 0 Å². The summed E-state index contributed by atoms with van der Waals surface area (Å²) in [5.74, 6) is -3.74. The van der Waals surface area contributed by atoms with E-state index in [9.17, 15) is 23.2 Å². The molecular formula is C18H15F2NO4. The van der Waals surface area contributed by atoms with E-state index < -0.39 is 35.8 Å². The first kappa shape index (κ1) is 18.3. The number of para-hydroxylation sites is 1. The average Bonchev–Trinajstić information content (AvgIpc) is 2.62. The molecule has 0 aliphatic heterocycles. The number of carbonyl (C=O) groups is 3. The number of ketones is 1. The zero-order chi connectivity index (χ0) is 18.2. The fourth-order valence-electron chi connectivity index (χ4n) is 1.99. The monoisotopic (exact) mass is 347 g/mol. The van der Waals surface area contributed by atoms with Crippen LogP contribution in [0.4, 0.5) is 14.5 Å². The predicted molar refractivity (Wildman–Crippen MR) is 86.0 cm³/mol. The van der Waals surface area contributed by atoms with Crippen molar-refractivity contribution in [2.24, 2.45) is 0 Å². The van der Waals surface area contributed by atoms with Gasteiger partial charge in [0.15, 0.2) is 12.4 Å². The maximum Gasteiger partial charge on any atom is 0.306 e. The molecule has 25 heavy (non-hydrogen) atoms. The molecule has 0 aromatic heterocycles. The highest BCUT2D eigenvalue weighted by molar-refractivity contribution is 5.98. The molecule has 0 aliphatic carbocycles. The number of esters is 1. The summed E-state index contributed by atoms with van der Waals surface area (Å²) in [4.78, 5) is 35.0. The van der Waals surface area contributed by atoms with Gasteiger partial charge in [0.1, 0.15) is 17.3 Å². The van der Waals surface area contributed by atoms with Crippen molar-refractivity contribution >= 4 is 23.3 Å². The summed E-state index contributed by atoms with van der Waals surface area (Å²) in [5.41, 5.74) is -0.133. The Morgan fingerprint density at radius 1 is 0.880 bits per heavy atom. The molecule has 0 saturated carbocycles. The van der Waals surface area contributed by atoms with Crippen molar-refractivity contribution in [1.82, 2.24) is 0 Å².